The summed E-state index contributed by atoms with van der Waals surface area (Å²) in [6.07, 6.45) is 1.87. The van der Waals surface area contributed by atoms with E-state index in [2.05, 4.69) is 10.4 Å². The number of aryl methyl sites for hydroxylation is 1. The molecule has 0 unspecified atom stereocenters. The summed E-state index contributed by atoms with van der Waals surface area (Å²) in [6, 6.07) is 15.3. The number of nitrogens with zero attached hydrogens (tertiary/aromatic N) is 2. The van der Waals surface area contributed by atoms with Gasteiger partial charge < -0.3 is 5.32 Å². The number of rotatable bonds is 4. The van der Waals surface area contributed by atoms with Crippen LogP contribution in [0.1, 0.15) is 21.6 Å². The number of carbonyl (C=O) groups excluding carboxylic acids is 1. The molecule has 0 saturated carbocycles. The number of nitrogens with one attached hydrogen (secondary N) is 1. The number of hydrogen-bond donors (Lipinski definition) is 1. The second-order valence-electron chi connectivity index (χ2n) is 5.26. The molecule has 0 aliphatic heterocycles. The number of amides is 1. The largest absolute Gasteiger partial charge is 0.348 e. The van der Waals surface area contributed by atoms with Crippen LogP contribution in [0.5, 0.6) is 0 Å². The van der Waals surface area contributed by atoms with E-state index in [9.17, 15) is 9.18 Å². The summed E-state index contributed by atoms with van der Waals surface area (Å²) >= 11 is 0. The van der Waals surface area contributed by atoms with Crippen LogP contribution in [-0.2, 0) is 6.54 Å². The molecule has 3 aromatic rings. The summed E-state index contributed by atoms with van der Waals surface area (Å²) in [7, 11) is 0. The molecule has 5 heteroatoms. The van der Waals surface area contributed by atoms with Crippen molar-refractivity contribution < 1.29 is 9.18 Å². The molecule has 1 amide bonds. The minimum Gasteiger partial charge on any atom is -0.348 e. The first-order valence-electron chi connectivity index (χ1n) is 7.27. The van der Waals surface area contributed by atoms with Gasteiger partial charge in [-0.1, -0.05) is 12.1 Å². The van der Waals surface area contributed by atoms with E-state index in [1.54, 1.807) is 28.9 Å². The summed E-state index contributed by atoms with van der Waals surface area (Å²) in [4.78, 5) is 12.1. The summed E-state index contributed by atoms with van der Waals surface area (Å²) in [5, 5.41) is 7.10. The molecule has 0 bridgehead atoms. The molecular weight excluding hydrogens is 293 g/mol. The first kappa shape index (κ1) is 15.0. The first-order chi connectivity index (χ1) is 11.1. The molecule has 0 fully saturated rings. The highest BCUT2D eigenvalue weighted by Crippen LogP contribution is 2.10. The second-order valence-corrected chi connectivity index (χ2v) is 5.26. The van der Waals surface area contributed by atoms with E-state index in [1.165, 1.54) is 12.1 Å². The lowest BCUT2D eigenvalue weighted by atomic mass is 10.1. The fraction of sp³-hybridized carbons (Fsp3) is 0.111. The van der Waals surface area contributed by atoms with E-state index in [1.807, 2.05) is 31.3 Å². The summed E-state index contributed by atoms with van der Waals surface area (Å²) in [6.45, 7) is 2.21. The summed E-state index contributed by atoms with van der Waals surface area (Å²) in [5.74, 6) is -0.506. The zero-order chi connectivity index (χ0) is 16.2. The Kier molecular flexibility index (Phi) is 4.19. The standard InChI is InChI=1S/C18H16FN3O/c1-13-9-10-22(21-13)17-7-5-15(6-8-17)18(23)20-12-14-3-2-4-16(19)11-14/h2-11H,12H2,1H3,(H,20,23). The summed E-state index contributed by atoms with van der Waals surface area (Å²) in [5.41, 5.74) is 3.10. The zero-order valence-electron chi connectivity index (χ0n) is 12.7. The maximum absolute atomic E-state index is 13.1. The number of benzene rings is 2. The van der Waals surface area contributed by atoms with E-state index in [4.69, 9.17) is 0 Å². The topological polar surface area (TPSA) is 46.9 Å². The lowest BCUT2D eigenvalue weighted by Gasteiger charge is -2.07. The fourth-order valence-corrected chi connectivity index (χ4v) is 2.26. The second kappa shape index (κ2) is 6.44. The normalized spacial score (nSPS) is 10.5. The molecule has 0 radical (unpaired) electrons. The van der Waals surface area contributed by atoms with Crippen molar-refractivity contribution in [3.05, 3.63) is 83.4 Å². The smallest absolute Gasteiger partial charge is 0.251 e. The third kappa shape index (κ3) is 3.63. The Labute approximate surface area is 133 Å². The Balaban J connectivity index is 1.66. The molecule has 0 aliphatic rings. The van der Waals surface area contributed by atoms with Crippen molar-refractivity contribution >= 4 is 5.91 Å². The van der Waals surface area contributed by atoms with E-state index < -0.39 is 0 Å². The van der Waals surface area contributed by atoms with Gasteiger partial charge in [-0.3, -0.25) is 4.79 Å². The SMILES string of the molecule is Cc1ccn(-c2ccc(C(=O)NCc3cccc(F)c3)cc2)n1. The molecule has 0 aliphatic carbocycles. The van der Waals surface area contributed by atoms with Crippen LogP contribution >= 0.6 is 0 Å². The zero-order valence-corrected chi connectivity index (χ0v) is 12.7. The quantitative estimate of drug-likeness (QED) is 0.804. The molecule has 2 aromatic carbocycles. The molecule has 1 N–H and O–H groups in total. The minimum absolute atomic E-state index is 0.197. The molecule has 1 heterocycles. The van der Waals surface area contributed by atoms with Crippen molar-refractivity contribution in [2.24, 2.45) is 0 Å². The van der Waals surface area contributed by atoms with Gasteiger partial charge in [-0.05, 0) is 55.0 Å². The number of carbonyl (C=O) groups is 1. The van der Waals surface area contributed by atoms with Gasteiger partial charge in [-0.25, -0.2) is 9.07 Å². The van der Waals surface area contributed by atoms with Crippen molar-refractivity contribution in [2.45, 2.75) is 13.5 Å². The maximum Gasteiger partial charge on any atom is 0.251 e. The molecule has 0 saturated heterocycles. The molecule has 1 aromatic heterocycles. The van der Waals surface area contributed by atoms with Crippen LogP contribution in [0, 0.1) is 12.7 Å². The van der Waals surface area contributed by atoms with Gasteiger partial charge in [-0.15, -0.1) is 0 Å². The molecular formula is C18H16FN3O. The summed E-state index contributed by atoms with van der Waals surface area (Å²) < 4.78 is 14.9. The van der Waals surface area contributed by atoms with Gasteiger partial charge in [0.05, 0.1) is 11.4 Å². The highest BCUT2D eigenvalue weighted by molar-refractivity contribution is 5.94. The highest BCUT2D eigenvalue weighted by Gasteiger charge is 2.06. The average molecular weight is 309 g/mol. The van der Waals surface area contributed by atoms with Crippen LogP contribution in [0.2, 0.25) is 0 Å². The van der Waals surface area contributed by atoms with Crippen molar-refractivity contribution in [2.75, 3.05) is 0 Å². The van der Waals surface area contributed by atoms with Crippen molar-refractivity contribution in [1.29, 1.82) is 0 Å². The number of halogens is 1. The Morgan fingerprint density at radius 2 is 1.96 bits per heavy atom. The van der Waals surface area contributed by atoms with E-state index in [0.29, 0.717) is 5.56 Å². The van der Waals surface area contributed by atoms with Crippen LogP contribution in [0.3, 0.4) is 0 Å². The third-order valence-electron chi connectivity index (χ3n) is 3.46. The van der Waals surface area contributed by atoms with Crippen LogP contribution in [-0.4, -0.2) is 15.7 Å². The van der Waals surface area contributed by atoms with Crippen LogP contribution in [0.4, 0.5) is 4.39 Å². The van der Waals surface area contributed by atoms with E-state index in [-0.39, 0.29) is 18.3 Å². The first-order valence-corrected chi connectivity index (χ1v) is 7.27. The van der Waals surface area contributed by atoms with Crippen molar-refractivity contribution in [3.63, 3.8) is 0 Å². The molecule has 0 atom stereocenters. The fourth-order valence-electron chi connectivity index (χ4n) is 2.26. The van der Waals surface area contributed by atoms with Crippen molar-refractivity contribution in [1.82, 2.24) is 15.1 Å². The minimum atomic E-state index is -0.310. The lowest BCUT2D eigenvalue weighted by molar-refractivity contribution is 0.0951. The Hall–Kier alpha value is -2.95. The molecule has 116 valence electrons. The van der Waals surface area contributed by atoms with Crippen molar-refractivity contribution in [3.8, 4) is 5.69 Å². The van der Waals surface area contributed by atoms with Gasteiger partial charge in [0.25, 0.3) is 5.91 Å². The van der Waals surface area contributed by atoms with Crippen LogP contribution in [0.15, 0.2) is 60.8 Å². The third-order valence-corrected chi connectivity index (χ3v) is 3.46. The molecule has 3 rings (SSSR count). The number of hydrogen-bond acceptors (Lipinski definition) is 2. The highest BCUT2D eigenvalue weighted by atomic mass is 19.1. The average Bonchev–Trinajstić information content (AvgIpc) is 2.99. The Morgan fingerprint density at radius 1 is 1.17 bits per heavy atom. The van der Waals surface area contributed by atoms with E-state index in [0.717, 1.165) is 16.9 Å². The molecule has 0 spiro atoms. The Morgan fingerprint density at radius 3 is 2.61 bits per heavy atom. The molecule has 4 nitrogen and oxygen atoms in total. The number of aromatic nitrogens is 2. The molecule has 23 heavy (non-hydrogen) atoms. The lowest BCUT2D eigenvalue weighted by Crippen LogP contribution is -2.22. The van der Waals surface area contributed by atoms with Gasteiger partial charge in [0, 0.05) is 18.3 Å². The monoisotopic (exact) mass is 309 g/mol. The van der Waals surface area contributed by atoms with E-state index >= 15 is 0 Å². The van der Waals surface area contributed by atoms with Gasteiger partial charge >= 0.3 is 0 Å². The predicted molar refractivity (Wildman–Crippen MR) is 85.9 cm³/mol. The van der Waals surface area contributed by atoms with Gasteiger partial charge in [-0.2, -0.15) is 5.10 Å². The van der Waals surface area contributed by atoms with Gasteiger partial charge in [0.1, 0.15) is 5.82 Å². The van der Waals surface area contributed by atoms with Crippen LogP contribution < -0.4 is 5.32 Å². The maximum atomic E-state index is 13.1. The van der Waals surface area contributed by atoms with Crippen LogP contribution in [0.25, 0.3) is 5.69 Å². The van der Waals surface area contributed by atoms with Gasteiger partial charge in [0.15, 0.2) is 0 Å². The Bertz CT molecular complexity index is 824. The predicted octanol–water partition coefficient (Wildman–Crippen LogP) is 3.25. The van der Waals surface area contributed by atoms with Gasteiger partial charge in [0.2, 0.25) is 0 Å².